The molecule has 0 spiro atoms. The van der Waals surface area contributed by atoms with Crippen molar-refractivity contribution in [2.45, 2.75) is 45.1 Å². The lowest BCUT2D eigenvalue weighted by Crippen LogP contribution is -2.49. The smallest absolute Gasteiger partial charge is 0.251 e. The average Bonchev–Trinajstić information content (AvgIpc) is 2.64. The van der Waals surface area contributed by atoms with Crippen LogP contribution >= 0.6 is 0 Å². The van der Waals surface area contributed by atoms with E-state index < -0.39 is 19.0 Å². The van der Waals surface area contributed by atoms with Gasteiger partial charge in [0.1, 0.15) is 0 Å². The predicted octanol–water partition coefficient (Wildman–Crippen LogP) is 1.34. The number of hydrogen-bond donors (Lipinski definition) is 1. The van der Waals surface area contributed by atoms with Gasteiger partial charge in [0, 0.05) is 19.6 Å². The van der Waals surface area contributed by atoms with Gasteiger partial charge in [-0.3, -0.25) is 9.69 Å². The van der Waals surface area contributed by atoms with Crippen LogP contribution in [0.4, 0.5) is 8.78 Å². The Labute approximate surface area is 113 Å². The highest BCUT2D eigenvalue weighted by molar-refractivity contribution is 5.81. The van der Waals surface area contributed by atoms with Gasteiger partial charge in [-0.1, -0.05) is 12.8 Å². The van der Waals surface area contributed by atoms with Crippen molar-refractivity contribution < 1.29 is 18.7 Å². The molecule has 1 N–H and O–H groups in total. The van der Waals surface area contributed by atoms with Crippen molar-refractivity contribution in [2.24, 2.45) is 0 Å². The highest BCUT2D eigenvalue weighted by atomic mass is 19.3. The van der Waals surface area contributed by atoms with Gasteiger partial charge in [-0.15, -0.1) is 0 Å². The van der Waals surface area contributed by atoms with Gasteiger partial charge in [0.2, 0.25) is 5.91 Å². The van der Waals surface area contributed by atoms with E-state index in [0.29, 0.717) is 13.1 Å². The molecule has 1 unspecified atom stereocenters. The minimum Gasteiger partial charge on any atom is -0.395 e. The summed E-state index contributed by atoms with van der Waals surface area (Å²) in [6.07, 6.45) is 1.71. The third-order valence-corrected chi connectivity index (χ3v) is 3.58. The number of rotatable bonds is 6. The zero-order chi connectivity index (χ0) is 14.3. The highest BCUT2D eigenvalue weighted by Gasteiger charge is 2.27. The number of nitrogens with zero attached hydrogens (tertiary/aromatic N) is 2. The number of amides is 1. The molecule has 0 bridgehead atoms. The van der Waals surface area contributed by atoms with E-state index >= 15 is 0 Å². The number of aliphatic hydroxyl groups excluding tert-OH is 1. The summed E-state index contributed by atoms with van der Waals surface area (Å²) in [5.74, 6) is -0.101. The normalized spacial score (nSPS) is 18.7. The molecule has 0 aliphatic carbocycles. The number of hydrogen-bond acceptors (Lipinski definition) is 3. The second-order valence-corrected chi connectivity index (χ2v) is 5.03. The summed E-state index contributed by atoms with van der Waals surface area (Å²) in [6.45, 7) is 2.48. The van der Waals surface area contributed by atoms with Gasteiger partial charge >= 0.3 is 0 Å². The molecule has 1 aliphatic rings. The van der Waals surface area contributed by atoms with Crippen molar-refractivity contribution >= 4 is 5.91 Å². The van der Waals surface area contributed by atoms with Crippen molar-refractivity contribution in [3.05, 3.63) is 0 Å². The minimum absolute atomic E-state index is 0.101. The fourth-order valence-electron chi connectivity index (χ4n) is 2.46. The Kier molecular flexibility index (Phi) is 7.23. The van der Waals surface area contributed by atoms with Crippen LogP contribution in [0.15, 0.2) is 0 Å². The van der Waals surface area contributed by atoms with Gasteiger partial charge in [0.05, 0.1) is 19.2 Å². The Bertz CT molecular complexity index is 269. The molecule has 1 fully saturated rings. The Morgan fingerprint density at radius 2 is 1.84 bits per heavy atom. The molecular formula is C13H24F2N2O2. The second kappa shape index (κ2) is 8.43. The van der Waals surface area contributed by atoms with E-state index in [4.69, 9.17) is 5.11 Å². The first-order valence-corrected chi connectivity index (χ1v) is 6.98. The lowest BCUT2D eigenvalue weighted by molar-refractivity contribution is -0.137. The summed E-state index contributed by atoms with van der Waals surface area (Å²) in [7, 11) is 0. The van der Waals surface area contributed by atoms with E-state index in [0.717, 1.165) is 25.7 Å². The SMILES string of the molecule is CC(C(=O)N1CCCCCC1)N(CCO)CC(F)F. The maximum absolute atomic E-state index is 12.5. The van der Waals surface area contributed by atoms with Gasteiger partial charge in [-0.25, -0.2) is 8.78 Å². The molecular weight excluding hydrogens is 254 g/mol. The molecule has 19 heavy (non-hydrogen) atoms. The second-order valence-electron chi connectivity index (χ2n) is 5.03. The quantitative estimate of drug-likeness (QED) is 0.797. The number of likely N-dealkylation sites (tertiary alicyclic amines) is 1. The maximum atomic E-state index is 12.5. The molecule has 1 aliphatic heterocycles. The number of aliphatic hydroxyl groups is 1. The molecule has 6 heteroatoms. The molecule has 0 radical (unpaired) electrons. The van der Waals surface area contributed by atoms with Crippen LogP contribution in [0.5, 0.6) is 0 Å². The summed E-state index contributed by atoms with van der Waals surface area (Å²) in [4.78, 5) is 15.4. The fraction of sp³-hybridized carbons (Fsp3) is 0.923. The molecule has 1 atom stereocenters. The average molecular weight is 278 g/mol. The molecule has 1 heterocycles. The fourth-order valence-corrected chi connectivity index (χ4v) is 2.46. The summed E-state index contributed by atoms with van der Waals surface area (Å²) in [6, 6.07) is -0.598. The Morgan fingerprint density at radius 1 is 1.26 bits per heavy atom. The van der Waals surface area contributed by atoms with Crippen LogP contribution in [0, 0.1) is 0 Å². The molecule has 0 aromatic rings. The highest BCUT2D eigenvalue weighted by Crippen LogP contribution is 2.13. The third kappa shape index (κ3) is 5.40. The summed E-state index contributed by atoms with van der Waals surface area (Å²) in [5.41, 5.74) is 0. The van der Waals surface area contributed by atoms with Crippen molar-refractivity contribution in [3.8, 4) is 0 Å². The van der Waals surface area contributed by atoms with Gasteiger partial charge in [-0.2, -0.15) is 0 Å². The zero-order valence-electron chi connectivity index (χ0n) is 11.5. The monoisotopic (exact) mass is 278 g/mol. The Hall–Kier alpha value is -0.750. The predicted molar refractivity (Wildman–Crippen MR) is 69.2 cm³/mol. The summed E-state index contributed by atoms with van der Waals surface area (Å²) in [5, 5.41) is 8.92. The number of carbonyl (C=O) groups is 1. The van der Waals surface area contributed by atoms with Gasteiger partial charge in [-0.05, 0) is 19.8 Å². The van der Waals surface area contributed by atoms with Crippen LogP contribution in [0.3, 0.4) is 0 Å². The number of carbonyl (C=O) groups excluding carboxylic acids is 1. The zero-order valence-corrected chi connectivity index (χ0v) is 11.5. The minimum atomic E-state index is -2.49. The Balaban J connectivity index is 2.60. The van der Waals surface area contributed by atoms with Crippen LogP contribution in [0.2, 0.25) is 0 Å². The van der Waals surface area contributed by atoms with Crippen LogP contribution < -0.4 is 0 Å². The lowest BCUT2D eigenvalue weighted by Gasteiger charge is -2.31. The van der Waals surface area contributed by atoms with Crippen molar-refractivity contribution in [1.82, 2.24) is 9.80 Å². The first-order valence-electron chi connectivity index (χ1n) is 6.98. The molecule has 0 aromatic heterocycles. The van der Waals surface area contributed by atoms with E-state index in [-0.39, 0.29) is 19.1 Å². The van der Waals surface area contributed by atoms with E-state index in [1.54, 1.807) is 11.8 Å². The van der Waals surface area contributed by atoms with Crippen molar-refractivity contribution in [2.75, 3.05) is 32.8 Å². The largest absolute Gasteiger partial charge is 0.395 e. The van der Waals surface area contributed by atoms with E-state index in [9.17, 15) is 13.6 Å². The van der Waals surface area contributed by atoms with E-state index in [2.05, 4.69) is 0 Å². The first kappa shape index (κ1) is 16.3. The molecule has 112 valence electrons. The maximum Gasteiger partial charge on any atom is 0.251 e. The summed E-state index contributed by atoms with van der Waals surface area (Å²) >= 11 is 0. The van der Waals surface area contributed by atoms with Gasteiger partial charge in [0.15, 0.2) is 0 Å². The van der Waals surface area contributed by atoms with Crippen molar-refractivity contribution in [3.63, 3.8) is 0 Å². The summed E-state index contributed by atoms with van der Waals surface area (Å²) < 4.78 is 25.0. The third-order valence-electron chi connectivity index (χ3n) is 3.58. The Morgan fingerprint density at radius 3 is 2.32 bits per heavy atom. The lowest BCUT2D eigenvalue weighted by atomic mass is 10.2. The number of halogens is 2. The van der Waals surface area contributed by atoms with Gasteiger partial charge < -0.3 is 10.0 Å². The van der Waals surface area contributed by atoms with Crippen LogP contribution in [0.25, 0.3) is 0 Å². The van der Waals surface area contributed by atoms with Crippen LogP contribution in [-0.2, 0) is 4.79 Å². The van der Waals surface area contributed by atoms with Gasteiger partial charge in [0.25, 0.3) is 6.43 Å². The van der Waals surface area contributed by atoms with E-state index in [1.165, 1.54) is 4.90 Å². The molecule has 1 saturated heterocycles. The molecule has 0 aromatic carbocycles. The number of alkyl halides is 2. The topological polar surface area (TPSA) is 43.8 Å². The first-order chi connectivity index (χ1) is 9.06. The van der Waals surface area contributed by atoms with Crippen molar-refractivity contribution in [1.29, 1.82) is 0 Å². The van der Waals surface area contributed by atoms with E-state index in [1.807, 2.05) is 0 Å². The molecule has 1 rings (SSSR count). The molecule has 1 amide bonds. The molecule has 4 nitrogen and oxygen atoms in total. The standard InChI is InChI=1S/C13H24F2N2O2/c1-11(17(8-9-18)10-12(14)15)13(19)16-6-4-2-3-5-7-16/h11-12,18H,2-10H2,1H3. The van der Waals surface area contributed by atoms with Crippen LogP contribution in [-0.4, -0.2) is 66.1 Å². The molecule has 0 saturated carbocycles. The van der Waals surface area contributed by atoms with Crippen LogP contribution in [0.1, 0.15) is 32.6 Å².